The molecule has 0 spiro atoms. The Bertz CT molecular complexity index is 600. The van der Waals surface area contributed by atoms with Crippen molar-refractivity contribution < 1.29 is 9.53 Å². The summed E-state index contributed by atoms with van der Waals surface area (Å²) in [6.07, 6.45) is 4.98. The van der Waals surface area contributed by atoms with Crippen molar-refractivity contribution >= 4 is 12.0 Å². The van der Waals surface area contributed by atoms with Crippen LogP contribution >= 0.6 is 0 Å². The van der Waals surface area contributed by atoms with Crippen LogP contribution in [0.25, 0.3) is 6.08 Å². The van der Waals surface area contributed by atoms with E-state index < -0.39 is 0 Å². The van der Waals surface area contributed by atoms with Crippen LogP contribution in [0.15, 0.2) is 36.5 Å². The first-order valence-electron chi connectivity index (χ1n) is 6.28. The molecular formula is C15H17N3O2. The number of methoxy groups -OCH3 is 1. The third kappa shape index (κ3) is 3.71. The lowest BCUT2D eigenvalue weighted by Crippen LogP contribution is -2.20. The highest BCUT2D eigenvalue weighted by molar-refractivity contribution is 5.91. The molecule has 104 valence electrons. The third-order valence-corrected chi connectivity index (χ3v) is 2.93. The zero-order valence-electron chi connectivity index (χ0n) is 11.5. The van der Waals surface area contributed by atoms with Gasteiger partial charge in [-0.15, -0.1) is 0 Å². The fourth-order valence-electron chi connectivity index (χ4n) is 1.68. The van der Waals surface area contributed by atoms with Crippen LogP contribution in [0.2, 0.25) is 0 Å². The molecule has 0 fully saturated rings. The van der Waals surface area contributed by atoms with Crippen LogP contribution in [0.4, 0.5) is 0 Å². The van der Waals surface area contributed by atoms with Crippen LogP contribution in [-0.2, 0) is 11.3 Å². The number of nitrogens with one attached hydrogen (secondary N) is 2. The molecule has 0 unspecified atom stereocenters. The second kappa shape index (κ2) is 6.56. The van der Waals surface area contributed by atoms with Crippen LogP contribution in [0.5, 0.6) is 5.75 Å². The van der Waals surface area contributed by atoms with Crippen molar-refractivity contribution in [2.75, 3.05) is 7.11 Å². The first-order chi connectivity index (χ1) is 9.69. The molecule has 0 bridgehead atoms. The maximum Gasteiger partial charge on any atom is 0.244 e. The summed E-state index contributed by atoms with van der Waals surface area (Å²) < 4.78 is 5.07. The Labute approximate surface area is 117 Å². The van der Waals surface area contributed by atoms with Crippen LogP contribution in [0.3, 0.4) is 0 Å². The number of hydrogen-bond acceptors (Lipinski definition) is 3. The van der Waals surface area contributed by atoms with Gasteiger partial charge in [0.15, 0.2) is 0 Å². The number of carbonyl (C=O) groups excluding carboxylic acids is 1. The molecule has 0 saturated heterocycles. The molecule has 0 aliphatic carbocycles. The number of carbonyl (C=O) groups is 1. The van der Waals surface area contributed by atoms with Crippen molar-refractivity contribution in [3.63, 3.8) is 0 Å². The summed E-state index contributed by atoms with van der Waals surface area (Å²) >= 11 is 0. The Kier molecular flexibility index (Phi) is 4.55. The first-order valence-corrected chi connectivity index (χ1v) is 6.28. The van der Waals surface area contributed by atoms with E-state index in [9.17, 15) is 4.79 Å². The monoisotopic (exact) mass is 271 g/mol. The summed E-state index contributed by atoms with van der Waals surface area (Å²) in [5.41, 5.74) is 2.89. The number of amides is 1. The molecular weight excluding hydrogens is 254 g/mol. The summed E-state index contributed by atoms with van der Waals surface area (Å²) in [5.74, 6) is 0.656. The van der Waals surface area contributed by atoms with E-state index >= 15 is 0 Å². The van der Waals surface area contributed by atoms with Crippen LogP contribution in [0, 0.1) is 6.92 Å². The highest BCUT2D eigenvalue weighted by Crippen LogP contribution is 2.12. The van der Waals surface area contributed by atoms with Gasteiger partial charge in [-0.05, 0) is 30.7 Å². The minimum absolute atomic E-state index is 0.138. The first kappa shape index (κ1) is 13.9. The third-order valence-electron chi connectivity index (χ3n) is 2.93. The lowest BCUT2D eigenvalue weighted by molar-refractivity contribution is -0.116. The van der Waals surface area contributed by atoms with E-state index in [-0.39, 0.29) is 5.91 Å². The van der Waals surface area contributed by atoms with Gasteiger partial charge in [0.05, 0.1) is 13.3 Å². The normalized spacial score (nSPS) is 10.7. The molecule has 0 radical (unpaired) electrons. The van der Waals surface area contributed by atoms with Crippen LogP contribution in [-0.4, -0.2) is 23.2 Å². The number of nitrogens with zero attached hydrogens (tertiary/aromatic N) is 1. The van der Waals surface area contributed by atoms with Gasteiger partial charge >= 0.3 is 0 Å². The highest BCUT2D eigenvalue weighted by Gasteiger charge is 2.01. The van der Waals surface area contributed by atoms with Crippen LogP contribution < -0.4 is 10.1 Å². The van der Waals surface area contributed by atoms with Crippen molar-refractivity contribution in [2.24, 2.45) is 0 Å². The van der Waals surface area contributed by atoms with Gasteiger partial charge in [0.2, 0.25) is 5.91 Å². The van der Waals surface area contributed by atoms with Gasteiger partial charge < -0.3 is 10.1 Å². The number of hydrogen-bond donors (Lipinski definition) is 2. The number of benzene rings is 1. The van der Waals surface area contributed by atoms with E-state index in [2.05, 4.69) is 15.5 Å². The van der Waals surface area contributed by atoms with Crippen molar-refractivity contribution in [2.45, 2.75) is 13.5 Å². The topological polar surface area (TPSA) is 67.0 Å². The van der Waals surface area contributed by atoms with E-state index in [1.165, 1.54) is 6.08 Å². The molecule has 2 aromatic rings. The van der Waals surface area contributed by atoms with Crippen molar-refractivity contribution in [1.82, 2.24) is 15.5 Å². The average molecular weight is 271 g/mol. The summed E-state index contributed by atoms with van der Waals surface area (Å²) in [4.78, 5) is 11.7. The maximum atomic E-state index is 11.7. The molecule has 0 aliphatic rings. The molecule has 0 saturated carbocycles. The van der Waals surface area contributed by atoms with Gasteiger partial charge in [-0.3, -0.25) is 9.89 Å². The Hall–Kier alpha value is -2.56. The molecule has 2 rings (SSSR count). The molecule has 5 nitrogen and oxygen atoms in total. The minimum Gasteiger partial charge on any atom is -0.497 e. The van der Waals surface area contributed by atoms with E-state index in [0.717, 1.165) is 22.6 Å². The van der Waals surface area contributed by atoms with Crippen molar-refractivity contribution in [3.05, 3.63) is 53.4 Å². The predicted molar refractivity (Wildman–Crippen MR) is 77.2 cm³/mol. The van der Waals surface area contributed by atoms with Gasteiger partial charge in [0.1, 0.15) is 5.75 Å². The largest absolute Gasteiger partial charge is 0.497 e. The molecule has 1 aromatic heterocycles. The Morgan fingerprint density at radius 1 is 1.40 bits per heavy atom. The summed E-state index contributed by atoms with van der Waals surface area (Å²) in [7, 11) is 1.62. The highest BCUT2D eigenvalue weighted by atomic mass is 16.5. The molecule has 20 heavy (non-hydrogen) atoms. The fourth-order valence-corrected chi connectivity index (χ4v) is 1.68. The average Bonchev–Trinajstić information content (AvgIpc) is 2.89. The van der Waals surface area contributed by atoms with E-state index in [4.69, 9.17) is 4.74 Å². The number of rotatable bonds is 5. The molecule has 0 aliphatic heterocycles. The van der Waals surface area contributed by atoms with E-state index in [0.29, 0.717) is 6.54 Å². The SMILES string of the molecule is COc1ccc(/C=C/C(=O)NCc2cn[nH]c2C)cc1. The zero-order valence-corrected chi connectivity index (χ0v) is 11.5. The van der Waals surface area contributed by atoms with Gasteiger partial charge in [-0.1, -0.05) is 12.1 Å². The number of ether oxygens (including phenoxy) is 1. The standard InChI is InChI=1S/C15H17N3O2/c1-11-13(10-17-18-11)9-16-15(19)8-5-12-3-6-14(20-2)7-4-12/h3-8,10H,9H2,1-2H3,(H,16,19)(H,17,18)/b8-5+. The Morgan fingerprint density at radius 3 is 2.75 bits per heavy atom. The molecule has 5 heteroatoms. The van der Waals surface area contributed by atoms with Gasteiger partial charge in [-0.25, -0.2) is 0 Å². The van der Waals surface area contributed by atoms with Crippen LogP contribution in [0.1, 0.15) is 16.8 Å². The molecule has 1 amide bonds. The Morgan fingerprint density at radius 2 is 2.15 bits per heavy atom. The summed E-state index contributed by atoms with van der Waals surface area (Å²) in [5, 5.41) is 9.54. The quantitative estimate of drug-likeness (QED) is 0.818. The smallest absolute Gasteiger partial charge is 0.244 e. The maximum absolute atomic E-state index is 11.7. The second-order valence-electron chi connectivity index (χ2n) is 4.34. The number of aromatic nitrogens is 2. The fraction of sp³-hybridized carbons (Fsp3) is 0.200. The van der Waals surface area contributed by atoms with Gasteiger partial charge in [0.25, 0.3) is 0 Å². The lowest BCUT2D eigenvalue weighted by Gasteiger charge is -2.01. The minimum atomic E-state index is -0.138. The number of aryl methyl sites for hydroxylation is 1. The van der Waals surface area contributed by atoms with Crippen molar-refractivity contribution in [3.8, 4) is 5.75 Å². The molecule has 0 atom stereocenters. The summed E-state index contributed by atoms with van der Waals surface area (Å²) in [6, 6.07) is 7.49. The second-order valence-corrected chi connectivity index (χ2v) is 4.34. The number of H-pyrrole nitrogens is 1. The number of aromatic amines is 1. The Balaban J connectivity index is 1.87. The zero-order chi connectivity index (χ0) is 14.4. The molecule has 1 aromatic carbocycles. The lowest BCUT2D eigenvalue weighted by atomic mass is 10.2. The molecule has 1 heterocycles. The van der Waals surface area contributed by atoms with Crippen molar-refractivity contribution in [1.29, 1.82) is 0 Å². The van der Waals surface area contributed by atoms with E-state index in [1.807, 2.05) is 31.2 Å². The van der Waals surface area contributed by atoms with E-state index in [1.54, 1.807) is 19.4 Å². The molecule has 2 N–H and O–H groups in total. The van der Waals surface area contributed by atoms with Gasteiger partial charge in [-0.2, -0.15) is 5.10 Å². The summed E-state index contributed by atoms with van der Waals surface area (Å²) in [6.45, 7) is 2.38. The predicted octanol–water partition coefficient (Wildman–Crippen LogP) is 2.06. The van der Waals surface area contributed by atoms with Gasteiger partial charge in [0, 0.05) is 23.9 Å².